The van der Waals surface area contributed by atoms with Crippen molar-refractivity contribution in [2.24, 2.45) is 0 Å². The maximum absolute atomic E-state index is 13.0. The summed E-state index contributed by atoms with van der Waals surface area (Å²) in [6, 6.07) is 17.4. The molecule has 0 radical (unpaired) electrons. The number of sulfonamides is 1. The minimum absolute atomic E-state index is 0.172. The lowest BCUT2D eigenvalue weighted by atomic mass is 10.1. The molecular weight excluding hydrogens is 360 g/mol. The van der Waals surface area contributed by atoms with Crippen LogP contribution < -0.4 is 4.74 Å². The minimum Gasteiger partial charge on any atom is -0.497 e. The molecule has 5 nitrogen and oxygen atoms in total. The predicted octanol–water partition coefficient (Wildman–Crippen LogP) is 3.02. The lowest BCUT2D eigenvalue weighted by Crippen LogP contribution is -2.58. The zero-order valence-corrected chi connectivity index (χ0v) is 17.0. The van der Waals surface area contributed by atoms with Crippen molar-refractivity contribution in [2.75, 3.05) is 26.7 Å². The maximum Gasteiger partial charge on any atom is 0.243 e. The van der Waals surface area contributed by atoms with Crippen LogP contribution in [0.25, 0.3) is 0 Å². The second kappa shape index (κ2) is 8.42. The van der Waals surface area contributed by atoms with Gasteiger partial charge in [0.25, 0.3) is 0 Å². The number of hydrogen-bond donors (Lipinski definition) is 0. The number of nitrogens with zero attached hydrogens (tertiary/aromatic N) is 2. The molecule has 146 valence electrons. The molecule has 2 aromatic rings. The summed E-state index contributed by atoms with van der Waals surface area (Å²) in [5, 5.41) is 0. The van der Waals surface area contributed by atoms with Crippen LogP contribution in [0.3, 0.4) is 0 Å². The van der Waals surface area contributed by atoms with Gasteiger partial charge in [0.15, 0.2) is 0 Å². The fraction of sp³-hybridized carbons (Fsp3) is 0.429. The first-order valence-electron chi connectivity index (χ1n) is 9.35. The van der Waals surface area contributed by atoms with Crippen molar-refractivity contribution in [1.29, 1.82) is 0 Å². The Kier molecular flexibility index (Phi) is 6.19. The molecule has 2 unspecified atom stereocenters. The largest absolute Gasteiger partial charge is 0.497 e. The first-order valence-corrected chi connectivity index (χ1v) is 10.8. The van der Waals surface area contributed by atoms with E-state index >= 15 is 0 Å². The molecule has 0 aromatic heterocycles. The summed E-state index contributed by atoms with van der Waals surface area (Å²) in [7, 11) is -1.92. The molecule has 1 aliphatic heterocycles. The van der Waals surface area contributed by atoms with Crippen molar-refractivity contribution < 1.29 is 13.2 Å². The Balaban J connectivity index is 1.68. The Morgan fingerprint density at radius 2 is 1.56 bits per heavy atom. The fourth-order valence-corrected chi connectivity index (χ4v) is 5.35. The molecule has 1 saturated heterocycles. The molecule has 0 spiro atoms. The average molecular weight is 389 g/mol. The van der Waals surface area contributed by atoms with Gasteiger partial charge in [-0.2, -0.15) is 4.31 Å². The number of benzene rings is 2. The summed E-state index contributed by atoms with van der Waals surface area (Å²) in [6.07, 6.45) is 0.973. The van der Waals surface area contributed by atoms with E-state index in [0.717, 1.165) is 13.0 Å². The van der Waals surface area contributed by atoms with Gasteiger partial charge in [-0.1, -0.05) is 30.3 Å². The molecule has 2 aromatic carbocycles. The molecule has 0 saturated carbocycles. The normalized spacial score (nSPS) is 21.9. The molecule has 27 heavy (non-hydrogen) atoms. The van der Waals surface area contributed by atoms with E-state index in [0.29, 0.717) is 23.7 Å². The van der Waals surface area contributed by atoms with Crippen LogP contribution in [0.1, 0.15) is 19.4 Å². The second-order valence-corrected chi connectivity index (χ2v) is 9.11. The fourth-order valence-electron chi connectivity index (χ4n) is 3.74. The molecule has 0 amide bonds. The van der Waals surface area contributed by atoms with Crippen molar-refractivity contribution in [3.63, 3.8) is 0 Å². The van der Waals surface area contributed by atoms with Gasteiger partial charge in [-0.3, -0.25) is 4.90 Å². The lowest BCUT2D eigenvalue weighted by Gasteiger charge is -2.43. The summed E-state index contributed by atoms with van der Waals surface area (Å²) >= 11 is 0. The van der Waals surface area contributed by atoms with E-state index in [9.17, 15) is 8.42 Å². The monoisotopic (exact) mass is 388 g/mol. The van der Waals surface area contributed by atoms with Gasteiger partial charge in [-0.15, -0.1) is 0 Å². The summed E-state index contributed by atoms with van der Waals surface area (Å²) in [5.74, 6) is 0.654. The van der Waals surface area contributed by atoms with Gasteiger partial charge in [0.05, 0.1) is 12.0 Å². The summed E-state index contributed by atoms with van der Waals surface area (Å²) in [5.41, 5.74) is 1.31. The van der Waals surface area contributed by atoms with Crippen molar-refractivity contribution in [1.82, 2.24) is 9.21 Å². The first-order chi connectivity index (χ1) is 12.9. The van der Waals surface area contributed by atoms with E-state index in [1.165, 1.54) is 5.56 Å². The predicted molar refractivity (Wildman–Crippen MR) is 108 cm³/mol. The molecule has 1 aliphatic rings. The Hall–Kier alpha value is -1.89. The third-order valence-corrected chi connectivity index (χ3v) is 7.11. The highest BCUT2D eigenvalue weighted by atomic mass is 32.2. The van der Waals surface area contributed by atoms with E-state index in [-0.39, 0.29) is 12.1 Å². The van der Waals surface area contributed by atoms with Gasteiger partial charge in [0.1, 0.15) is 5.75 Å². The minimum atomic E-state index is -3.49. The molecule has 0 bridgehead atoms. The highest BCUT2D eigenvalue weighted by Gasteiger charge is 2.35. The number of piperazine rings is 1. The Labute approximate surface area is 162 Å². The quantitative estimate of drug-likeness (QED) is 0.763. The Morgan fingerprint density at radius 3 is 2.11 bits per heavy atom. The van der Waals surface area contributed by atoms with Crippen LogP contribution in [-0.4, -0.2) is 56.5 Å². The van der Waals surface area contributed by atoms with Crippen LogP contribution in [0, 0.1) is 0 Å². The molecular formula is C21H28N2O3S. The SMILES string of the molecule is COc1ccc(S(=O)(=O)N2CC(C)N(CCc3ccccc3)C(C)C2)cc1. The van der Waals surface area contributed by atoms with Gasteiger partial charge in [-0.05, 0) is 50.1 Å². The standard InChI is InChI=1S/C21H28N2O3S/c1-17-15-22(27(24,25)21-11-9-20(26-3)10-12-21)16-18(2)23(17)14-13-19-7-5-4-6-8-19/h4-12,17-18H,13-16H2,1-3H3. The average Bonchev–Trinajstić information content (AvgIpc) is 2.68. The van der Waals surface area contributed by atoms with E-state index in [2.05, 4.69) is 43.0 Å². The molecule has 6 heteroatoms. The van der Waals surface area contributed by atoms with E-state index in [1.807, 2.05) is 6.07 Å². The van der Waals surface area contributed by atoms with Gasteiger partial charge in [-0.25, -0.2) is 8.42 Å². The summed E-state index contributed by atoms with van der Waals surface area (Å²) in [6.45, 7) is 6.16. The van der Waals surface area contributed by atoms with Crippen LogP contribution in [-0.2, 0) is 16.4 Å². The summed E-state index contributed by atoms with van der Waals surface area (Å²) in [4.78, 5) is 2.73. The van der Waals surface area contributed by atoms with E-state index < -0.39 is 10.0 Å². The molecule has 0 aliphatic carbocycles. The number of rotatable bonds is 6. The first kappa shape index (κ1) is 19.9. The van der Waals surface area contributed by atoms with Gasteiger partial charge >= 0.3 is 0 Å². The molecule has 0 N–H and O–H groups in total. The zero-order valence-electron chi connectivity index (χ0n) is 16.2. The molecule has 3 rings (SSSR count). The van der Waals surface area contributed by atoms with Crippen LogP contribution in [0.15, 0.2) is 59.5 Å². The van der Waals surface area contributed by atoms with Crippen molar-refractivity contribution in [3.8, 4) is 5.75 Å². The van der Waals surface area contributed by atoms with Crippen LogP contribution in [0.5, 0.6) is 5.75 Å². The Morgan fingerprint density at radius 1 is 0.963 bits per heavy atom. The summed E-state index contributed by atoms with van der Waals surface area (Å²) < 4.78 is 32.8. The lowest BCUT2D eigenvalue weighted by molar-refractivity contribution is 0.0784. The third-order valence-electron chi connectivity index (χ3n) is 5.27. The van der Waals surface area contributed by atoms with Crippen LogP contribution in [0.4, 0.5) is 0 Å². The Bertz CT molecular complexity index is 825. The van der Waals surface area contributed by atoms with Gasteiger partial charge in [0, 0.05) is 31.7 Å². The smallest absolute Gasteiger partial charge is 0.243 e. The van der Waals surface area contributed by atoms with Crippen molar-refractivity contribution in [2.45, 2.75) is 37.2 Å². The molecule has 2 atom stereocenters. The van der Waals surface area contributed by atoms with Gasteiger partial charge < -0.3 is 4.74 Å². The highest BCUT2D eigenvalue weighted by Crippen LogP contribution is 2.24. The van der Waals surface area contributed by atoms with Crippen molar-refractivity contribution in [3.05, 3.63) is 60.2 Å². The second-order valence-electron chi connectivity index (χ2n) is 7.17. The van der Waals surface area contributed by atoms with Crippen LogP contribution >= 0.6 is 0 Å². The van der Waals surface area contributed by atoms with Crippen molar-refractivity contribution >= 4 is 10.0 Å². The number of ether oxygens (including phenoxy) is 1. The highest BCUT2D eigenvalue weighted by molar-refractivity contribution is 7.89. The maximum atomic E-state index is 13.0. The number of hydrogen-bond acceptors (Lipinski definition) is 4. The van der Waals surface area contributed by atoms with E-state index in [1.54, 1.807) is 35.7 Å². The van der Waals surface area contributed by atoms with Crippen LogP contribution in [0.2, 0.25) is 0 Å². The van der Waals surface area contributed by atoms with E-state index in [4.69, 9.17) is 4.74 Å². The van der Waals surface area contributed by atoms with Gasteiger partial charge in [0.2, 0.25) is 10.0 Å². The topological polar surface area (TPSA) is 49.9 Å². The number of methoxy groups -OCH3 is 1. The molecule has 1 fully saturated rings. The third kappa shape index (κ3) is 4.51. The zero-order chi connectivity index (χ0) is 19.4. The molecule has 1 heterocycles.